The molecule has 4 heteroatoms. The van der Waals surface area contributed by atoms with Gasteiger partial charge in [0.2, 0.25) is 0 Å². The number of thiophene rings is 1. The summed E-state index contributed by atoms with van der Waals surface area (Å²) in [5, 5.41) is 7.42. The van der Waals surface area contributed by atoms with Crippen LogP contribution < -0.4 is 0 Å². The smallest absolute Gasteiger partial charge is 0.160 e. The molecule has 3 nitrogen and oxygen atoms in total. The van der Waals surface area contributed by atoms with Crippen molar-refractivity contribution in [2.24, 2.45) is 0 Å². The first-order chi connectivity index (χ1) is 25.2. The van der Waals surface area contributed by atoms with E-state index in [1.54, 1.807) is 6.20 Å². The van der Waals surface area contributed by atoms with Gasteiger partial charge in [0.15, 0.2) is 5.82 Å². The van der Waals surface area contributed by atoms with Gasteiger partial charge in [-0.05, 0) is 80.7 Å². The van der Waals surface area contributed by atoms with Crippen LogP contribution in [0.25, 0.3) is 97.9 Å². The minimum Gasteiger partial charge on any atom is -0.264 e. The predicted octanol–water partition coefficient (Wildman–Crippen LogP) is 12.9. The lowest BCUT2D eigenvalue weighted by Crippen LogP contribution is -1.97. The zero-order valence-electron chi connectivity index (χ0n) is 27.5. The summed E-state index contributed by atoms with van der Waals surface area (Å²) in [6.07, 6.45) is 3.69. The molecule has 0 bridgehead atoms. The van der Waals surface area contributed by atoms with Gasteiger partial charge in [0.25, 0.3) is 0 Å². The summed E-state index contributed by atoms with van der Waals surface area (Å²) in [6, 6.07) is 58.3. The predicted molar refractivity (Wildman–Crippen MR) is 215 cm³/mol. The molecule has 0 aliphatic heterocycles. The fraction of sp³-hybridized carbons (Fsp3) is 0. The Morgan fingerprint density at radius 1 is 0.373 bits per heavy atom. The number of hydrogen-bond donors (Lipinski definition) is 0. The molecule has 0 spiro atoms. The molecule has 51 heavy (non-hydrogen) atoms. The molecule has 0 unspecified atom stereocenters. The summed E-state index contributed by atoms with van der Waals surface area (Å²) in [4.78, 5) is 14.8. The van der Waals surface area contributed by atoms with Crippen molar-refractivity contribution in [2.45, 2.75) is 0 Å². The van der Waals surface area contributed by atoms with Crippen LogP contribution in [0.4, 0.5) is 0 Å². The molecule has 238 valence electrons. The summed E-state index contributed by atoms with van der Waals surface area (Å²) in [7, 11) is 0. The first-order valence-corrected chi connectivity index (χ1v) is 17.9. The lowest BCUT2D eigenvalue weighted by molar-refractivity contribution is 1.19. The number of aromatic nitrogens is 3. The Bertz CT molecular complexity index is 2910. The van der Waals surface area contributed by atoms with Crippen molar-refractivity contribution in [3.05, 3.63) is 176 Å². The minimum atomic E-state index is 0.685. The molecule has 0 atom stereocenters. The van der Waals surface area contributed by atoms with Gasteiger partial charge in [-0.2, -0.15) is 0 Å². The van der Waals surface area contributed by atoms with E-state index in [1.807, 2.05) is 23.6 Å². The third-order valence-electron chi connectivity index (χ3n) is 9.78. The number of pyridine rings is 1. The fourth-order valence-electron chi connectivity index (χ4n) is 7.24. The lowest BCUT2D eigenvalue weighted by atomic mass is 9.94. The monoisotopic (exact) mass is 667 g/mol. The standard InChI is InChI=1S/C47H29N3S/c1-2-13-37-34(9-1)27-41(39-15-4-3-14-38(37)39)44-28-43(49-47(50-44)35-11-7-10-32(25-35)36-12-8-24-48-29-36)31-20-18-30(19-21-31)33-22-23-46-42(26-33)40-16-5-6-17-45(40)51-46/h1-29H. The number of nitrogens with zero attached hydrogens (tertiary/aromatic N) is 3. The quantitative estimate of drug-likeness (QED) is 0.171. The van der Waals surface area contributed by atoms with Gasteiger partial charge in [-0.1, -0.05) is 121 Å². The van der Waals surface area contributed by atoms with Crippen LogP contribution >= 0.6 is 11.3 Å². The second-order valence-corrected chi connectivity index (χ2v) is 13.9. The zero-order valence-corrected chi connectivity index (χ0v) is 28.3. The molecule has 3 aromatic heterocycles. The highest BCUT2D eigenvalue weighted by molar-refractivity contribution is 7.25. The molecule has 0 fully saturated rings. The van der Waals surface area contributed by atoms with Crippen LogP contribution in [-0.2, 0) is 0 Å². The number of benzene rings is 7. The Balaban J connectivity index is 1.13. The van der Waals surface area contributed by atoms with Crippen molar-refractivity contribution in [3.8, 4) is 56.2 Å². The van der Waals surface area contributed by atoms with Crippen LogP contribution in [0.3, 0.4) is 0 Å². The second kappa shape index (κ2) is 12.1. The maximum atomic E-state index is 5.28. The van der Waals surface area contributed by atoms with Crippen molar-refractivity contribution in [3.63, 3.8) is 0 Å². The van der Waals surface area contributed by atoms with Gasteiger partial charge in [-0.25, -0.2) is 9.97 Å². The normalized spacial score (nSPS) is 11.5. The van der Waals surface area contributed by atoms with Crippen molar-refractivity contribution < 1.29 is 0 Å². The van der Waals surface area contributed by atoms with E-state index in [0.29, 0.717) is 5.82 Å². The molecule has 10 aromatic rings. The van der Waals surface area contributed by atoms with Crippen molar-refractivity contribution in [1.82, 2.24) is 15.0 Å². The average molecular weight is 668 g/mol. The van der Waals surface area contributed by atoms with Crippen LogP contribution in [0.5, 0.6) is 0 Å². The van der Waals surface area contributed by atoms with Gasteiger partial charge >= 0.3 is 0 Å². The maximum absolute atomic E-state index is 5.28. The highest BCUT2D eigenvalue weighted by atomic mass is 32.1. The van der Waals surface area contributed by atoms with Crippen LogP contribution in [0.2, 0.25) is 0 Å². The van der Waals surface area contributed by atoms with E-state index < -0.39 is 0 Å². The largest absolute Gasteiger partial charge is 0.264 e. The average Bonchev–Trinajstić information content (AvgIpc) is 3.59. The molecule has 0 saturated carbocycles. The van der Waals surface area contributed by atoms with Crippen molar-refractivity contribution >= 4 is 53.1 Å². The Morgan fingerprint density at radius 2 is 1.04 bits per heavy atom. The molecule has 0 saturated heterocycles. The van der Waals surface area contributed by atoms with Gasteiger partial charge < -0.3 is 0 Å². The Morgan fingerprint density at radius 3 is 1.90 bits per heavy atom. The Labute approximate surface area is 299 Å². The first kappa shape index (κ1) is 29.4. The van der Waals surface area contributed by atoms with E-state index in [0.717, 1.165) is 39.2 Å². The molecule has 0 radical (unpaired) electrons. The van der Waals surface area contributed by atoms with Crippen molar-refractivity contribution in [1.29, 1.82) is 0 Å². The summed E-state index contributed by atoms with van der Waals surface area (Å²) in [5.74, 6) is 0.685. The van der Waals surface area contributed by atoms with Crippen molar-refractivity contribution in [2.75, 3.05) is 0 Å². The highest BCUT2D eigenvalue weighted by Crippen LogP contribution is 2.39. The lowest BCUT2D eigenvalue weighted by Gasteiger charge is -2.14. The van der Waals surface area contributed by atoms with Crippen LogP contribution in [0, 0.1) is 0 Å². The third kappa shape index (κ3) is 5.25. The molecule has 7 aromatic carbocycles. The SMILES string of the molecule is c1cncc(-c2cccc(-c3nc(-c4ccc(-c5ccc6sc7ccccc7c6c5)cc4)cc(-c4cc5ccccc5c5ccccc45)n3)c2)c1. The fourth-order valence-corrected chi connectivity index (χ4v) is 8.33. The maximum Gasteiger partial charge on any atom is 0.160 e. The Hall–Kier alpha value is -6.49. The highest BCUT2D eigenvalue weighted by Gasteiger charge is 2.16. The van der Waals surface area contributed by atoms with E-state index in [1.165, 1.54) is 52.8 Å². The summed E-state index contributed by atoms with van der Waals surface area (Å²) >= 11 is 1.85. The molecular formula is C47H29N3S. The number of hydrogen-bond acceptors (Lipinski definition) is 4. The molecule has 0 N–H and O–H groups in total. The van der Waals surface area contributed by atoms with Gasteiger partial charge in [0.1, 0.15) is 0 Å². The zero-order chi connectivity index (χ0) is 33.7. The van der Waals surface area contributed by atoms with E-state index in [4.69, 9.17) is 9.97 Å². The van der Waals surface area contributed by atoms with E-state index in [2.05, 4.69) is 163 Å². The topological polar surface area (TPSA) is 38.7 Å². The summed E-state index contributed by atoms with van der Waals surface area (Å²) in [5.41, 5.74) is 9.37. The molecule has 0 aliphatic carbocycles. The molecule has 0 aliphatic rings. The number of rotatable bonds is 5. The van der Waals surface area contributed by atoms with Gasteiger partial charge in [-0.3, -0.25) is 4.98 Å². The molecule has 10 rings (SSSR count). The van der Waals surface area contributed by atoms with Crippen LogP contribution in [0.15, 0.2) is 176 Å². The Kier molecular flexibility index (Phi) is 7.00. The number of fused-ring (bicyclic) bond motifs is 6. The van der Waals surface area contributed by atoms with E-state index in [-0.39, 0.29) is 0 Å². The van der Waals surface area contributed by atoms with Gasteiger partial charge in [0.05, 0.1) is 11.4 Å². The molecule has 3 heterocycles. The second-order valence-electron chi connectivity index (χ2n) is 12.9. The minimum absolute atomic E-state index is 0.685. The van der Waals surface area contributed by atoms with Gasteiger partial charge in [-0.15, -0.1) is 11.3 Å². The van der Waals surface area contributed by atoms with E-state index >= 15 is 0 Å². The molecule has 0 amide bonds. The summed E-state index contributed by atoms with van der Waals surface area (Å²) < 4.78 is 2.63. The molecular weight excluding hydrogens is 639 g/mol. The summed E-state index contributed by atoms with van der Waals surface area (Å²) in [6.45, 7) is 0. The van der Waals surface area contributed by atoms with Crippen LogP contribution in [0.1, 0.15) is 0 Å². The third-order valence-corrected chi connectivity index (χ3v) is 10.9. The van der Waals surface area contributed by atoms with E-state index in [9.17, 15) is 0 Å². The van der Waals surface area contributed by atoms with Crippen LogP contribution in [-0.4, -0.2) is 15.0 Å². The first-order valence-electron chi connectivity index (χ1n) is 17.1. The van der Waals surface area contributed by atoms with Gasteiger partial charge in [0, 0.05) is 54.8 Å².